The van der Waals surface area contributed by atoms with Crippen LogP contribution in [-0.4, -0.2) is 45.4 Å². The highest BCUT2D eigenvalue weighted by Crippen LogP contribution is 2.29. The SMILES string of the molecule is c1ccc(N2CCNCC2)c(O[C@H]2CCNC2)c1. The molecule has 0 saturated carbocycles. The van der Waals surface area contributed by atoms with Gasteiger partial charge in [0.15, 0.2) is 0 Å². The molecule has 2 N–H and O–H groups in total. The zero-order chi connectivity index (χ0) is 12.2. The van der Waals surface area contributed by atoms with Gasteiger partial charge in [-0.2, -0.15) is 0 Å². The topological polar surface area (TPSA) is 36.5 Å². The zero-order valence-electron chi connectivity index (χ0n) is 10.7. The minimum Gasteiger partial charge on any atom is -0.487 e. The highest BCUT2D eigenvalue weighted by atomic mass is 16.5. The lowest BCUT2D eigenvalue weighted by atomic mass is 10.2. The summed E-state index contributed by atoms with van der Waals surface area (Å²) in [6, 6.07) is 8.42. The first-order valence-corrected chi connectivity index (χ1v) is 6.85. The number of rotatable bonds is 3. The molecule has 98 valence electrons. The van der Waals surface area contributed by atoms with Crippen LogP contribution in [0, 0.1) is 0 Å². The summed E-state index contributed by atoms with van der Waals surface area (Å²) in [6.45, 7) is 6.27. The van der Waals surface area contributed by atoms with E-state index in [0.717, 1.165) is 51.4 Å². The Balaban J connectivity index is 1.75. The maximum atomic E-state index is 6.14. The van der Waals surface area contributed by atoms with Crippen LogP contribution in [0.15, 0.2) is 24.3 Å². The molecule has 2 fully saturated rings. The summed E-state index contributed by atoms with van der Waals surface area (Å²) in [7, 11) is 0. The Morgan fingerprint density at radius 2 is 1.89 bits per heavy atom. The molecule has 0 spiro atoms. The minimum absolute atomic E-state index is 0.328. The lowest BCUT2D eigenvalue weighted by molar-refractivity contribution is 0.223. The molecule has 2 heterocycles. The van der Waals surface area contributed by atoms with Gasteiger partial charge in [0.2, 0.25) is 0 Å². The van der Waals surface area contributed by atoms with Crippen LogP contribution in [0.2, 0.25) is 0 Å². The molecular weight excluding hydrogens is 226 g/mol. The van der Waals surface area contributed by atoms with E-state index in [-0.39, 0.29) is 0 Å². The number of piperazine rings is 1. The van der Waals surface area contributed by atoms with Crippen LogP contribution in [0.1, 0.15) is 6.42 Å². The van der Waals surface area contributed by atoms with Gasteiger partial charge in [-0.15, -0.1) is 0 Å². The van der Waals surface area contributed by atoms with Crippen LogP contribution < -0.4 is 20.3 Å². The number of para-hydroxylation sites is 2. The summed E-state index contributed by atoms with van der Waals surface area (Å²) in [5, 5.41) is 6.73. The Morgan fingerprint density at radius 3 is 2.67 bits per heavy atom. The van der Waals surface area contributed by atoms with Crippen molar-refractivity contribution >= 4 is 5.69 Å². The van der Waals surface area contributed by atoms with Crippen LogP contribution in [0.5, 0.6) is 5.75 Å². The van der Waals surface area contributed by atoms with E-state index < -0.39 is 0 Å². The van der Waals surface area contributed by atoms with E-state index in [0.29, 0.717) is 6.10 Å². The number of nitrogens with one attached hydrogen (secondary N) is 2. The summed E-state index contributed by atoms with van der Waals surface area (Å²) < 4.78 is 6.14. The van der Waals surface area contributed by atoms with Crippen molar-refractivity contribution in [3.05, 3.63) is 24.3 Å². The third-order valence-electron chi connectivity index (χ3n) is 3.63. The molecule has 3 rings (SSSR count). The fourth-order valence-electron chi connectivity index (χ4n) is 2.63. The van der Waals surface area contributed by atoms with Crippen molar-refractivity contribution in [1.82, 2.24) is 10.6 Å². The molecule has 4 heteroatoms. The summed E-state index contributed by atoms with van der Waals surface area (Å²) in [5.41, 5.74) is 1.24. The van der Waals surface area contributed by atoms with E-state index >= 15 is 0 Å². The average molecular weight is 247 g/mol. The number of ether oxygens (including phenoxy) is 1. The first-order valence-electron chi connectivity index (χ1n) is 6.85. The number of anilines is 1. The Labute approximate surface area is 108 Å². The van der Waals surface area contributed by atoms with Gasteiger partial charge < -0.3 is 20.3 Å². The Hall–Kier alpha value is -1.26. The van der Waals surface area contributed by atoms with E-state index in [1.807, 2.05) is 0 Å². The quantitative estimate of drug-likeness (QED) is 0.830. The fraction of sp³-hybridized carbons (Fsp3) is 0.571. The fourth-order valence-corrected chi connectivity index (χ4v) is 2.63. The predicted octanol–water partition coefficient (Wildman–Crippen LogP) is 0.837. The van der Waals surface area contributed by atoms with E-state index in [1.54, 1.807) is 0 Å². The molecule has 2 aliphatic rings. The standard InChI is InChI=1S/C14H21N3O/c1-2-4-14(18-12-5-6-16-11-12)13(3-1)17-9-7-15-8-10-17/h1-4,12,15-16H,5-11H2/t12-/m0/s1. The second kappa shape index (κ2) is 5.59. The Bertz CT molecular complexity index is 384. The summed E-state index contributed by atoms with van der Waals surface area (Å²) in [5.74, 6) is 1.04. The molecule has 0 aromatic heterocycles. The van der Waals surface area contributed by atoms with Crippen molar-refractivity contribution in [1.29, 1.82) is 0 Å². The third kappa shape index (κ3) is 2.60. The first-order chi connectivity index (χ1) is 8.93. The summed E-state index contributed by atoms with van der Waals surface area (Å²) in [6.07, 6.45) is 1.43. The Kier molecular flexibility index (Phi) is 3.67. The smallest absolute Gasteiger partial charge is 0.143 e. The van der Waals surface area contributed by atoms with Gasteiger partial charge in [-0.05, 0) is 25.1 Å². The van der Waals surface area contributed by atoms with Crippen molar-refractivity contribution in [2.75, 3.05) is 44.2 Å². The predicted molar refractivity (Wildman–Crippen MR) is 73.4 cm³/mol. The second-order valence-electron chi connectivity index (χ2n) is 4.94. The van der Waals surface area contributed by atoms with Gasteiger partial charge in [-0.25, -0.2) is 0 Å². The molecule has 1 aromatic carbocycles. The lowest BCUT2D eigenvalue weighted by Crippen LogP contribution is -2.43. The van der Waals surface area contributed by atoms with Crippen molar-refractivity contribution in [2.24, 2.45) is 0 Å². The van der Waals surface area contributed by atoms with Crippen LogP contribution >= 0.6 is 0 Å². The second-order valence-corrected chi connectivity index (χ2v) is 4.94. The van der Waals surface area contributed by atoms with Gasteiger partial charge in [0, 0.05) is 32.7 Å². The van der Waals surface area contributed by atoms with Crippen molar-refractivity contribution in [3.8, 4) is 5.75 Å². The van der Waals surface area contributed by atoms with Crippen LogP contribution in [0.3, 0.4) is 0 Å². The molecule has 18 heavy (non-hydrogen) atoms. The van der Waals surface area contributed by atoms with E-state index in [9.17, 15) is 0 Å². The van der Waals surface area contributed by atoms with Gasteiger partial charge in [-0.3, -0.25) is 0 Å². The number of benzene rings is 1. The third-order valence-corrected chi connectivity index (χ3v) is 3.63. The largest absolute Gasteiger partial charge is 0.487 e. The molecule has 0 aliphatic carbocycles. The normalized spacial score (nSPS) is 24.2. The summed E-state index contributed by atoms with van der Waals surface area (Å²) >= 11 is 0. The molecule has 0 bridgehead atoms. The first kappa shape index (κ1) is 11.8. The van der Waals surface area contributed by atoms with Gasteiger partial charge in [0.25, 0.3) is 0 Å². The molecule has 1 aromatic rings. The minimum atomic E-state index is 0.328. The van der Waals surface area contributed by atoms with Gasteiger partial charge >= 0.3 is 0 Å². The summed E-state index contributed by atoms with van der Waals surface area (Å²) in [4.78, 5) is 2.41. The molecule has 1 atom stereocenters. The van der Waals surface area contributed by atoms with Gasteiger partial charge in [0.05, 0.1) is 5.69 Å². The van der Waals surface area contributed by atoms with E-state index in [4.69, 9.17) is 4.74 Å². The van der Waals surface area contributed by atoms with Crippen LogP contribution in [0.25, 0.3) is 0 Å². The van der Waals surface area contributed by atoms with E-state index in [1.165, 1.54) is 5.69 Å². The van der Waals surface area contributed by atoms with Crippen molar-refractivity contribution in [3.63, 3.8) is 0 Å². The van der Waals surface area contributed by atoms with Gasteiger partial charge in [0.1, 0.15) is 11.9 Å². The zero-order valence-corrected chi connectivity index (χ0v) is 10.7. The van der Waals surface area contributed by atoms with Crippen LogP contribution in [0.4, 0.5) is 5.69 Å². The molecule has 0 unspecified atom stereocenters. The highest BCUT2D eigenvalue weighted by molar-refractivity contribution is 5.58. The Morgan fingerprint density at radius 1 is 1.06 bits per heavy atom. The number of hydrogen-bond donors (Lipinski definition) is 2. The maximum absolute atomic E-state index is 6.14. The molecule has 4 nitrogen and oxygen atoms in total. The van der Waals surface area contributed by atoms with Crippen molar-refractivity contribution < 1.29 is 4.74 Å². The number of nitrogens with zero attached hydrogens (tertiary/aromatic N) is 1. The average Bonchev–Trinajstić information content (AvgIpc) is 2.93. The molecule has 2 saturated heterocycles. The van der Waals surface area contributed by atoms with Crippen molar-refractivity contribution in [2.45, 2.75) is 12.5 Å². The monoisotopic (exact) mass is 247 g/mol. The highest BCUT2D eigenvalue weighted by Gasteiger charge is 2.19. The molecule has 0 radical (unpaired) electrons. The van der Waals surface area contributed by atoms with E-state index in [2.05, 4.69) is 39.8 Å². The lowest BCUT2D eigenvalue weighted by Gasteiger charge is -2.31. The maximum Gasteiger partial charge on any atom is 0.143 e. The molecule has 0 amide bonds. The molecule has 2 aliphatic heterocycles. The van der Waals surface area contributed by atoms with Crippen LogP contribution in [-0.2, 0) is 0 Å². The number of hydrogen-bond acceptors (Lipinski definition) is 4. The molecular formula is C14H21N3O. The van der Waals surface area contributed by atoms with Gasteiger partial charge in [-0.1, -0.05) is 12.1 Å².